The Balaban J connectivity index is 2.61. The van der Waals surface area contributed by atoms with Gasteiger partial charge in [0.15, 0.2) is 0 Å². The van der Waals surface area contributed by atoms with Gasteiger partial charge >= 0.3 is 0 Å². The fourth-order valence-electron chi connectivity index (χ4n) is 1.66. The van der Waals surface area contributed by atoms with Crippen LogP contribution in [0.1, 0.15) is 5.56 Å². The average molecular weight is 222 g/mol. The van der Waals surface area contributed by atoms with E-state index in [1.807, 2.05) is 24.3 Å². The van der Waals surface area contributed by atoms with E-state index in [0.717, 1.165) is 16.3 Å². The number of hydrogen-bond acceptors (Lipinski definition) is 2. The molecule has 0 heterocycles. The minimum atomic E-state index is 0.301. The minimum Gasteiger partial charge on any atom is -0.508 e. The predicted molar refractivity (Wildman–Crippen MR) is 63.4 cm³/mol. The zero-order valence-corrected chi connectivity index (χ0v) is 8.96. The third-order valence-corrected chi connectivity index (χ3v) is 2.65. The van der Waals surface area contributed by atoms with Crippen LogP contribution in [0.3, 0.4) is 0 Å². The molecule has 2 aromatic rings. The lowest BCUT2D eigenvalue weighted by molar-refractivity contribution is 0.469. The van der Waals surface area contributed by atoms with Crippen molar-refractivity contribution in [3.05, 3.63) is 40.9 Å². The van der Waals surface area contributed by atoms with Crippen LogP contribution in [0.2, 0.25) is 5.02 Å². The van der Waals surface area contributed by atoms with Crippen LogP contribution >= 0.6 is 11.6 Å². The molecular weight excluding hydrogens is 210 g/mol. The Morgan fingerprint density at radius 2 is 1.93 bits per heavy atom. The number of halogens is 1. The highest BCUT2D eigenvalue weighted by atomic mass is 35.5. The molecule has 0 saturated carbocycles. The number of phenols is 1. The smallest absolute Gasteiger partial charge is 0.119 e. The summed E-state index contributed by atoms with van der Waals surface area (Å²) in [6.07, 6.45) is 0.675. The second-order valence-electron chi connectivity index (χ2n) is 3.51. The number of fused-ring (bicyclic) bond motifs is 1. The van der Waals surface area contributed by atoms with Crippen molar-refractivity contribution in [1.29, 1.82) is 0 Å². The van der Waals surface area contributed by atoms with Gasteiger partial charge in [-0.05, 0) is 53.6 Å². The van der Waals surface area contributed by atoms with Crippen molar-refractivity contribution in [1.82, 2.24) is 0 Å². The van der Waals surface area contributed by atoms with Gasteiger partial charge in [-0.25, -0.2) is 0 Å². The Morgan fingerprint density at radius 3 is 2.67 bits per heavy atom. The van der Waals surface area contributed by atoms with E-state index in [-0.39, 0.29) is 0 Å². The first kappa shape index (κ1) is 10.3. The van der Waals surface area contributed by atoms with Crippen LogP contribution in [0.4, 0.5) is 0 Å². The van der Waals surface area contributed by atoms with Crippen LogP contribution in [-0.4, -0.2) is 11.7 Å². The number of benzene rings is 2. The van der Waals surface area contributed by atoms with Crippen LogP contribution < -0.4 is 5.73 Å². The summed E-state index contributed by atoms with van der Waals surface area (Å²) < 4.78 is 0. The zero-order valence-electron chi connectivity index (χ0n) is 8.20. The van der Waals surface area contributed by atoms with Gasteiger partial charge in [0.1, 0.15) is 5.75 Å². The first-order valence-corrected chi connectivity index (χ1v) is 5.20. The van der Waals surface area contributed by atoms with Crippen LogP contribution in [0, 0.1) is 0 Å². The Labute approximate surface area is 93.3 Å². The fraction of sp³-hybridized carbons (Fsp3) is 0.167. The summed E-state index contributed by atoms with van der Waals surface area (Å²) in [5.41, 5.74) is 6.33. The van der Waals surface area contributed by atoms with Gasteiger partial charge < -0.3 is 10.8 Å². The maximum atomic E-state index is 9.72. The van der Waals surface area contributed by atoms with Crippen molar-refractivity contribution in [2.24, 2.45) is 5.73 Å². The monoisotopic (exact) mass is 221 g/mol. The van der Waals surface area contributed by atoms with Gasteiger partial charge in [0.2, 0.25) is 0 Å². The number of phenolic OH excluding ortho intramolecular Hbond substituents is 1. The van der Waals surface area contributed by atoms with Crippen molar-refractivity contribution in [2.45, 2.75) is 6.42 Å². The van der Waals surface area contributed by atoms with Crippen LogP contribution in [0.15, 0.2) is 30.3 Å². The maximum Gasteiger partial charge on any atom is 0.119 e. The molecule has 0 aliphatic carbocycles. The number of hydrogen-bond donors (Lipinski definition) is 2. The topological polar surface area (TPSA) is 46.2 Å². The Bertz CT molecular complexity index is 496. The zero-order chi connectivity index (χ0) is 10.8. The van der Waals surface area contributed by atoms with E-state index in [9.17, 15) is 5.11 Å². The molecule has 0 aromatic heterocycles. The second-order valence-corrected chi connectivity index (χ2v) is 3.95. The molecule has 0 bridgehead atoms. The van der Waals surface area contributed by atoms with E-state index >= 15 is 0 Å². The van der Waals surface area contributed by atoms with Gasteiger partial charge in [0, 0.05) is 5.02 Å². The molecule has 3 heteroatoms. The Kier molecular flexibility index (Phi) is 2.80. The minimum absolute atomic E-state index is 0.301. The van der Waals surface area contributed by atoms with E-state index in [1.54, 1.807) is 6.07 Å². The second kappa shape index (κ2) is 4.09. The summed E-state index contributed by atoms with van der Waals surface area (Å²) in [4.78, 5) is 0. The summed E-state index contributed by atoms with van der Waals surface area (Å²) in [5, 5.41) is 12.4. The van der Waals surface area contributed by atoms with Gasteiger partial charge in [-0.1, -0.05) is 17.7 Å². The number of rotatable bonds is 2. The summed E-state index contributed by atoms with van der Waals surface area (Å²) in [5.74, 6) is 0.301. The third-order valence-electron chi connectivity index (χ3n) is 2.41. The quantitative estimate of drug-likeness (QED) is 0.819. The molecule has 2 nitrogen and oxygen atoms in total. The molecule has 2 aromatic carbocycles. The van der Waals surface area contributed by atoms with E-state index < -0.39 is 0 Å². The van der Waals surface area contributed by atoms with Crippen LogP contribution in [0.5, 0.6) is 5.75 Å². The maximum absolute atomic E-state index is 9.72. The molecule has 0 spiro atoms. The summed E-state index contributed by atoms with van der Waals surface area (Å²) in [6, 6.07) is 9.27. The average Bonchev–Trinajstić information content (AvgIpc) is 2.20. The van der Waals surface area contributed by atoms with Crippen LogP contribution in [0.25, 0.3) is 10.8 Å². The molecule has 3 N–H and O–H groups in total. The largest absolute Gasteiger partial charge is 0.508 e. The first-order valence-electron chi connectivity index (χ1n) is 4.82. The van der Waals surface area contributed by atoms with E-state index in [1.165, 1.54) is 0 Å². The lowest BCUT2D eigenvalue weighted by atomic mass is 10.0. The highest BCUT2D eigenvalue weighted by Crippen LogP contribution is 2.27. The summed E-state index contributed by atoms with van der Waals surface area (Å²) in [6.45, 7) is 0.527. The standard InChI is InChI=1S/C12H12ClNO/c13-11-2-1-8-7-12(15)9(3-4-14)5-10(8)6-11/h1-2,5-7,15H,3-4,14H2. The fourth-order valence-corrected chi connectivity index (χ4v) is 1.84. The molecule has 0 aliphatic heterocycles. The van der Waals surface area contributed by atoms with E-state index in [0.29, 0.717) is 23.7 Å². The van der Waals surface area contributed by atoms with Crippen molar-refractivity contribution in [2.75, 3.05) is 6.54 Å². The molecule has 0 unspecified atom stereocenters. The first-order chi connectivity index (χ1) is 7.20. The molecule has 0 saturated heterocycles. The third kappa shape index (κ3) is 2.06. The highest BCUT2D eigenvalue weighted by molar-refractivity contribution is 6.31. The van der Waals surface area contributed by atoms with Gasteiger partial charge in [-0.15, -0.1) is 0 Å². The van der Waals surface area contributed by atoms with Gasteiger partial charge in [-0.2, -0.15) is 0 Å². The molecular formula is C12H12ClNO. The molecule has 0 atom stereocenters. The molecule has 15 heavy (non-hydrogen) atoms. The van der Waals surface area contributed by atoms with E-state index in [4.69, 9.17) is 17.3 Å². The number of aromatic hydroxyl groups is 1. The van der Waals surface area contributed by atoms with Gasteiger partial charge in [0.25, 0.3) is 0 Å². The van der Waals surface area contributed by atoms with E-state index in [2.05, 4.69) is 0 Å². The summed E-state index contributed by atoms with van der Waals surface area (Å²) >= 11 is 5.90. The highest BCUT2D eigenvalue weighted by Gasteiger charge is 2.03. The Morgan fingerprint density at radius 1 is 1.13 bits per heavy atom. The molecule has 0 amide bonds. The van der Waals surface area contributed by atoms with Crippen molar-refractivity contribution < 1.29 is 5.11 Å². The SMILES string of the molecule is NCCc1cc2cc(Cl)ccc2cc1O. The van der Waals surface area contributed by atoms with Gasteiger partial charge in [0.05, 0.1) is 0 Å². The Hall–Kier alpha value is -1.25. The molecule has 2 rings (SSSR count). The lowest BCUT2D eigenvalue weighted by Crippen LogP contribution is -2.02. The van der Waals surface area contributed by atoms with Crippen LogP contribution in [-0.2, 0) is 6.42 Å². The van der Waals surface area contributed by atoms with Crippen molar-refractivity contribution in [3.63, 3.8) is 0 Å². The normalized spacial score (nSPS) is 10.8. The lowest BCUT2D eigenvalue weighted by Gasteiger charge is -2.06. The molecule has 78 valence electrons. The van der Waals surface area contributed by atoms with Crippen molar-refractivity contribution in [3.8, 4) is 5.75 Å². The van der Waals surface area contributed by atoms with Gasteiger partial charge in [-0.3, -0.25) is 0 Å². The molecule has 0 fully saturated rings. The molecule has 0 aliphatic rings. The summed E-state index contributed by atoms with van der Waals surface area (Å²) in [7, 11) is 0. The van der Waals surface area contributed by atoms with Crippen molar-refractivity contribution >= 4 is 22.4 Å². The molecule has 0 radical (unpaired) electrons. The predicted octanol–water partition coefficient (Wildman–Crippen LogP) is 2.70. The number of nitrogens with two attached hydrogens (primary N) is 1.